The number of rotatable bonds is 9. The highest BCUT2D eigenvalue weighted by Gasteiger charge is 2.27. The molecule has 0 amide bonds. The second-order valence-corrected chi connectivity index (χ2v) is 8.00. The average molecular weight is 466 g/mol. The molecule has 2 aromatic carbocycles. The van der Waals surface area contributed by atoms with Crippen molar-refractivity contribution in [3.05, 3.63) is 101 Å². The summed E-state index contributed by atoms with van der Waals surface area (Å²) in [4.78, 5) is 17.8. The molecule has 2 heterocycles. The summed E-state index contributed by atoms with van der Waals surface area (Å²) in [5.41, 5.74) is 1.62. The molecule has 0 unspecified atom stereocenters. The van der Waals surface area contributed by atoms with E-state index in [0.717, 1.165) is 17.7 Å². The van der Waals surface area contributed by atoms with E-state index in [2.05, 4.69) is 4.98 Å². The van der Waals surface area contributed by atoms with Crippen molar-refractivity contribution in [2.45, 2.75) is 32.0 Å². The maximum absolute atomic E-state index is 14.0. The number of aliphatic hydroxyl groups excluding tert-OH is 2. The van der Waals surface area contributed by atoms with Gasteiger partial charge in [-0.05, 0) is 36.8 Å². The molecule has 2 atom stereocenters. The summed E-state index contributed by atoms with van der Waals surface area (Å²) < 4.78 is 35.2. The molecule has 0 saturated heterocycles. The van der Waals surface area contributed by atoms with Crippen LogP contribution in [-0.2, 0) is 6.61 Å². The van der Waals surface area contributed by atoms with Crippen molar-refractivity contribution in [3.8, 4) is 5.75 Å². The van der Waals surface area contributed by atoms with Gasteiger partial charge < -0.3 is 14.9 Å². The standard InChI is InChI=1S/C26H24F2N2O4/c1-16-25(22(32)13-18(23(33)14-31)17-7-3-2-4-8-17)30-12-6-11-24(26(30)29-16)34-15-19-20(27)9-5-10-21(19)28/h2-12,18,23,31,33H,13-15H2,1H3/t18-,23+/m1/s1. The number of ketones is 1. The lowest BCUT2D eigenvalue weighted by atomic mass is 9.88. The molecule has 0 aliphatic heterocycles. The number of aromatic nitrogens is 2. The van der Waals surface area contributed by atoms with Crippen LogP contribution < -0.4 is 4.74 Å². The molecule has 8 heteroatoms. The maximum Gasteiger partial charge on any atom is 0.182 e. The van der Waals surface area contributed by atoms with Crippen LogP contribution in [0.3, 0.4) is 0 Å². The Morgan fingerprint density at radius 1 is 1.06 bits per heavy atom. The summed E-state index contributed by atoms with van der Waals surface area (Å²) in [7, 11) is 0. The zero-order valence-electron chi connectivity index (χ0n) is 18.5. The molecule has 0 radical (unpaired) electrons. The quantitative estimate of drug-likeness (QED) is 0.361. The summed E-state index contributed by atoms with van der Waals surface area (Å²) in [6.07, 6.45) is 0.491. The third kappa shape index (κ3) is 4.69. The first-order valence-corrected chi connectivity index (χ1v) is 10.8. The third-order valence-corrected chi connectivity index (χ3v) is 5.77. The minimum atomic E-state index is -1.11. The number of Topliss-reactive ketones (excluding diaryl/α,β-unsaturated/α-hetero) is 1. The average Bonchev–Trinajstić information content (AvgIpc) is 3.18. The number of carbonyl (C=O) groups is 1. The van der Waals surface area contributed by atoms with Gasteiger partial charge in [0, 0.05) is 18.5 Å². The van der Waals surface area contributed by atoms with Gasteiger partial charge in [-0.25, -0.2) is 13.8 Å². The molecular weight excluding hydrogens is 442 g/mol. The van der Waals surface area contributed by atoms with Crippen LogP contribution in [0.15, 0.2) is 66.9 Å². The summed E-state index contributed by atoms with van der Waals surface area (Å²) in [6.45, 7) is 0.857. The number of carbonyl (C=O) groups excluding carboxylic acids is 1. The molecule has 0 spiro atoms. The fourth-order valence-electron chi connectivity index (χ4n) is 4.02. The van der Waals surface area contributed by atoms with Crippen molar-refractivity contribution in [2.24, 2.45) is 0 Å². The van der Waals surface area contributed by atoms with Crippen molar-refractivity contribution in [1.29, 1.82) is 0 Å². The molecule has 4 aromatic rings. The number of nitrogens with zero attached hydrogens (tertiary/aromatic N) is 2. The number of imidazole rings is 1. The Hall–Kier alpha value is -3.62. The van der Waals surface area contributed by atoms with Crippen LogP contribution in [0.4, 0.5) is 8.78 Å². The third-order valence-electron chi connectivity index (χ3n) is 5.77. The molecule has 0 fully saturated rings. The van der Waals surface area contributed by atoms with Crippen molar-refractivity contribution in [2.75, 3.05) is 6.61 Å². The molecule has 0 aliphatic carbocycles. The van der Waals surface area contributed by atoms with Crippen LogP contribution in [0.5, 0.6) is 5.75 Å². The number of ether oxygens (including phenoxy) is 1. The van der Waals surface area contributed by atoms with Crippen molar-refractivity contribution in [3.63, 3.8) is 0 Å². The lowest BCUT2D eigenvalue weighted by Crippen LogP contribution is -2.25. The summed E-state index contributed by atoms with van der Waals surface area (Å²) in [6, 6.07) is 15.9. The zero-order chi connectivity index (χ0) is 24.2. The maximum atomic E-state index is 14.0. The van der Waals surface area contributed by atoms with E-state index in [0.29, 0.717) is 17.0 Å². The van der Waals surface area contributed by atoms with Crippen molar-refractivity contribution >= 4 is 11.4 Å². The van der Waals surface area contributed by atoms with Gasteiger partial charge in [-0.15, -0.1) is 0 Å². The highest BCUT2D eigenvalue weighted by atomic mass is 19.1. The van der Waals surface area contributed by atoms with E-state index in [-0.39, 0.29) is 30.1 Å². The number of aryl methyl sites for hydroxylation is 1. The van der Waals surface area contributed by atoms with Gasteiger partial charge in [-0.3, -0.25) is 9.20 Å². The number of hydrogen-bond acceptors (Lipinski definition) is 5. The second kappa shape index (κ2) is 10.1. The van der Waals surface area contributed by atoms with Crippen LogP contribution in [0, 0.1) is 18.6 Å². The number of benzene rings is 2. The Balaban J connectivity index is 1.63. The van der Waals surface area contributed by atoms with E-state index in [1.165, 1.54) is 6.07 Å². The Labute approximate surface area is 195 Å². The monoisotopic (exact) mass is 466 g/mol. The Morgan fingerprint density at radius 3 is 2.44 bits per heavy atom. The normalized spacial score (nSPS) is 13.1. The minimum absolute atomic E-state index is 0.0497. The smallest absolute Gasteiger partial charge is 0.182 e. The van der Waals surface area contributed by atoms with E-state index < -0.39 is 30.3 Å². The fourth-order valence-corrected chi connectivity index (χ4v) is 4.02. The molecule has 4 rings (SSSR count). The molecule has 6 nitrogen and oxygen atoms in total. The van der Waals surface area contributed by atoms with Crippen LogP contribution >= 0.6 is 0 Å². The van der Waals surface area contributed by atoms with Crippen LogP contribution in [0.2, 0.25) is 0 Å². The van der Waals surface area contributed by atoms with E-state index in [9.17, 15) is 23.8 Å². The number of aliphatic hydroxyl groups is 2. The van der Waals surface area contributed by atoms with Gasteiger partial charge in [0.25, 0.3) is 0 Å². The SMILES string of the molecule is Cc1nc2c(OCc3c(F)cccc3F)cccn2c1C(=O)C[C@H](c1ccccc1)[C@@H](O)CO. The fraction of sp³-hybridized carbons (Fsp3) is 0.231. The molecular formula is C26H24F2N2O4. The van der Waals surface area contributed by atoms with Gasteiger partial charge >= 0.3 is 0 Å². The van der Waals surface area contributed by atoms with Gasteiger partial charge in [-0.1, -0.05) is 36.4 Å². The van der Waals surface area contributed by atoms with Gasteiger partial charge in [0.05, 0.1) is 24.0 Å². The van der Waals surface area contributed by atoms with Gasteiger partial charge in [0.15, 0.2) is 17.2 Å². The Bertz CT molecular complexity index is 1290. The topological polar surface area (TPSA) is 84.1 Å². The van der Waals surface area contributed by atoms with Crippen LogP contribution in [0.25, 0.3) is 5.65 Å². The summed E-state index contributed by atoms with van der Waals surface area (Å²) in [5, 5.41) is 19.9. The summed E-state index contributed by atoms with van der Waals surface area (Å²) in [5.74, 6) is -2.04. The highest BCUT2D eigenvalue weighted by molar-refractivity contribution is 5.97. The molecule has 176 valence electrons. The zero-order valence-corrected chi connectivity index (χ0v) is 18.5. The predicted molar refractivity (Wildman–Crippen MR) is 122 cm³/mol. The second-order valence-electron chi connectivity index (χ2n) is 8.00. The van der Waals surface area contributed by atoms with Crippen LogP contribution in [-0.4, -0.2) is 38.1 Å². The van der Waals surface area contributed by atoms with Crippen molar-refractivity contribution in [1.82, 2.24) is 9.38 Å². The first-order chi connectivity index (χ1) is 16.4. The molecule has 2 N–H and O–H groups in total. The van der Waals surface area contributed by atoms with Crippen LogP contribution in [0.1, 0.15) is 39.6 Å². The van der Waals surface area contributed by atoms with E-state index >= 15 is 0 Å². The predicted octanol–water partition coefficient (Wildman–Crippen LogP) is 4.21. The Morgan fingerprint density at radius 2 is 1.76 bits per heavy atom. The first-order valence-electron chi connectivity index (χ1n) is 10.8. The molecule has 0 saturated carbocycles. The Kier molecular flexibility index (Phi) is 7.00. The molecule has 34 heavy (non-hydrogen) atoms. The molecule has 0 aliphatic rings. The lowest BCUT2D eigenvalue weighted by molar-refractivity contribution is 0.0646. The first kappa shape index (κ1) is 23.5. The van der Waals surface area contributed by atoms with E-state index in [1.807, 2.05) is 6.07 Å². The van der Waals surface area contributed by atoms with Gasteiger partial charge in [0.1, 0.15) is 23.9 Å². The van der Waals surface area contributed by atoms with E-state index in [1.54, 1.807) is 53.9 Å². The highest BCUT2D eigenvalue weighted by Crippen LogP contribution is 2.29. The van der Waals surface area contributed by atoms with Crippen molar-refractivity contribution < 1.29 is 28.5 Å². The minimum Gasteiger partial charge on any atom is -0.485 e. The number of hydrogen-bond donors (Lipinski definition) is 2. The molecule has 0 bridgehead atoms. The van der Waals surface area contributed by atoms with E-state index in [4.69, 9.17) is 4.74 Å². The van der Waals surface area contributed by atoms with Gasteiger partial charge in [0.2, 0.25) is 0 Å². The molecule has 2 aromatic heterocycles. The number of fused-ring (bicyclic) bond motifs is 1. The van der Waals surface area contributed by atoms with Gasteiger partial charge in [-0.2, -0.15) is 0 Å². The summed E-state index contributed by atoms with van der Waals surface area (Å²) >= 11 is 0. The number of pyridine rings is 1. The largest absolute Gasteiger partial charge is 0.485 e. The number of halogens is 2. The lowest BCUT2D eigenvalue weighted by Gasteiger charge is -2.21.